The minimum Gasteiger partial charge on any atom is -0.357 e. The number of halogens is 1. The van der Waals surface area contributed by atoms with E-state index in [1.165, 1.54) is 12.8 Å². The van der Waals surface area contributed by atoms with Crippen molar-refractivity contribution in [3.63, 3.8) is 0 Å². The molecule has 3 heterocycles. The van der Waals surface area contributed by atoms with Crippen LogP contribution >= 0.6 is 11.6 Å². The molecule has 0 saturated carbocycles. The summed E-state index contributed by atoms with van der Waals surface area (Å²) >= 11 is 6.05. The number of aromatic nitrogens is 2. The van der Waals surface area contributed by atoms with Crippen LogP contribution in [0.4, 0.5) is 5.82 Å². The van der Waals surface area contributed by atoms with Crippen LogP contribution in [0.2, 0.25) is 5.02 Å². The third kappa shape index (κ3) is 3.88. The molecule has 0 radical (unpaired) electrons. The van der Waals surface area contributed by atoms with E-state index in [1.807, 2.05) is 43.5 Å². The summed E-state index contributed by atoms with van der Waals surface area (Å²) in [4.78, 5) is 24.0. The number of benzene rings is 1. The fourth-order valence-corrected chi connectivity index (χ4v) is 3.59. The second-order valence-electron chi connectivity index (χ2n) is 6.86. The number of nitrogens with one attached hydrogen (secondary N) is 1. The highest BCUT2D eigenvalue weighted by atomic mass is 35.5. The number of hydrogen-bond acceptors (Lipinski definition) is 4. The highest BCUT2D eigenvalue weighted by Crippen LogP contribution is 2.21. The highest BCUT2D eigenvalue weighted by Gasteiger charge is 2.14. The Morgan fingerprint density at radius 3 is 2.74 bits per heavy atom. The van der Waals surface area contributed by atoms with E-state index in [-0.39, 0.29) is 5.91 Å². The van der Waals surface area contributed by atoms with Crippen LogP contribution in [-0.2, 0) is 6.54 Å². The average molecular weight is 381 g/mol. The van der Waals surface area contributed by atoms with E-state index in [2.05, 4.69) is 20.2 Å². The summed E-state index contributed by atoms with van der Waals surface area (Å²) in [6, 6.07) is 11.4. The lowest BCUT2D eigenvalue weighted by Gasteiger charge is -2.16. The van der Waals surface area contributed by atoms with Crippen LogP contribution in [-0.4, -0.2) is 29.0 Å². The molecule has 0 aliphatic carbocycles. The smallest absolute Gasteiger partial charge is 0.253 e. The van der Waals surface area contributed by atoms with Gasteiger partial charge in [0.15, 0.2) is 0 Å². The van der Waals surface area contributed by atoms with Crippen molar-refractivity contribution in [1.82, 2.24) is 15.3 Å². The third-order valence-corrected chi connectivity index (χ3v) is 5.14. The van der Waals surface area contributed by atoms with E-state index in [1.54, 1.807) is 6.07 Å². The van der Waals surface area contributed by atoms with Gasteiger partial charge in [0.2, 0.25) is 0 Å². The van der Waals surface area contributed by atoms with Crippen LogP contribution in [0.15, 0.2) is 42.6 Å². The number of nitrogens with zero attached hydrogens (tertiary/aromatic N) is 3. The van der Waals surface area contributed by atoms with Gasteiger partial charge in [-0.05, 0) is 55.7 Å². The van der Waals surface area contributed by atoms with Gasteiger partial charge in [-0.25, -0.2) is 4.98 Å². The zero-order valence-corrected chi connectivity index (χ0v) is 16.0. The maximum absolute atomic E-state index is 12.6. The van der Waals surface area contributed by atoms with Gasteiger partial charge in [-0.3, -0.25) is 9.78 Å². The van der Waals surface area contributed by atoms with Gasteiger partial charge in [-0.15, -0.1) is 0 Å². The lowest BCUT2D eigenvalue weighted by atomic mass is 10.1. The summed E-state index contributed by atoms with van der Waals surface area (Å²) in [5, 5.41) is 4.44. The Balaban J connectivity index is 1.46. The summed E-state index contributed by atoms with van der Waals surface area (Å²) in [6.07, 6.45) is 4.28. The number of aryl methyl sites for hydroxylation is 1. The van der Waals surface area contributed by atoms with Crippen molar-refractivity contribution in [3.8, 4) is 0 Å². The van der Waals surface area contributed by atoms with Crippen molar-refractivity contribution in [2.75, 3.05) is 18.0 Å². The van der Waals surface area contributed by atoms with Crippen LogP contribution in [0.3, 0.4) is 0 Å². The number of hydrogen-bond donors (Lipinski definition) is 1. The second kappa shape index (κ2) is 7.53. The van der Waals surface area contributed by atoms with Crippen molar-refractivity contribution in [2.24, 2.45) is 0 Å². The normalized spacial score (nSPS) is 13.9. The number of carbonyl (C=O) groups is 1. The summed E-state index contributed by atoms with van der Waals surface area (Å²) < 4.78 is 0. The first-order valence-corrected chi connectivity index (χ1v) is 9.53. The summed E-state index contributed by atoms with van der Waals surface area (Å²) in [5.41, 5.74) is 3.06. The van der Waals surface area contributed by atoms with E-state index in [4.69, 9.17) is 11.6 Å². The standard InChI is InChI=1S/C21H21ClN4O/c1-14-18(11-16-10-17(22)5-6-19(16)25-14)21(27)24-13-15-4-7-20(23-12-15)26-8-2-3-9-26/h4-7,10-12H,2-3,8-9,13H2,1H3,(H,24,27). The Hall–Kier alpha value is -2.66. The summed E-state index contributed by atoms with van der Waals surface area (Å²) in [5.74, 6) is 0.861. The molecule has 6 heteroatoms. The van der Waals surface area contributed by atoms with Crippen molar-refractivity contribution >= 4 is 34.2 Å². The van der Waals surface area contributed by atoms with E-state index in [9.17, 15) is 4.79 Å². The van der Waals surface area contributed by atoms with Gasteiger partial charge in [-0.2, -0.15) is 0 Å². The molecule has 27 heavy (non-hydrogen) atoms. The predicted molar refractivity (Wildman–Crippen MR) is 108 cm³/mol. The van der Waals surface area contributed by atoms with E-state index in [0.717, 1.165) is 35.4 Å². The number of rotatable bonds is 4. The molecule has 0 bridgehead atoms. The molecule has 1 aliphatic rings. The molecule has 5 nitrogen and oxygen atoms in total. The number of carbonyl (C=O) groups excluding carboxylic acids is 1. The molecule has 1 amide bonds. The number of anilines is 1. The quantitative estimate of drug-likeness (QED) is 0.739. The first-order chi connectivity index (χ1) is 13.1. The monoisotopic (exact) mass is 380 g/mol. The lowest BCUT2D eigenvalue weighted by Crippen LogP contribution is -2.24. The van der Waals surface area contributed by atoms with Gasteiger partial charge in [0.25, 0.3) is 5.91 Å². The zero-order chi connectivity index (χ0) is 18.8. The van der Waals surface area contributed by atoms with E-state index >= 15 is 0 Å². The SMILES string of the molecule is Cc1nc2ccc(Cl)cc2cc1C(=O)NCc1ccc(N2CCCC2)nc1. The average Bonchev–Trinajstić information content (AvgIpc) is 3.21. The largest absolute Gasteiger partial charge is 0.357 e. The van der Waals surface area contributed by atoms with Crippen molar-refractivity contribution in [1.29, 1.82) is 0 Å². The van der Waals surface area contributed by atoms with Gasteiger partial charge in [-0.1, -0.05) is 17.7 Å². The molecule has 4 rings (SSSR count). The molecule has 1 N–H and O–H groups in total. The topological polar surface area (TPSA) is 58.1 Å². The minimum absolute atomic E-state index is 0.148. The first kappa shape index (κ1) is 17.7. The molecule has 1 aromatic carbocycles. The van der Waals surface area contributed by atoms with Gasteiger partial charge >= 0.3 is 0 Å². The fraction of sp³-hybridized carbons (Fsp3) is 0.286. The molecule has 1 aliphatic heterocycles. The van der Waals surface area contributed by atoms with Gasteiger partial charge in [0.05, 0.1) is 16.8 Å². The third-order valence-electron chi connectivity index (χ3n) is 4.90. The number of amides is 1. The fourth-order valence-electron chi connectivity index (χ4n) is 3.41. The number of pyridine rings is 2. The second-order valence-corrected chi connectivity index (χ2v) is 7.30. The van der Waals surface area contributed by atoms with Crippen molar-refractivity contribution in [3.05, 3.63) is 64.4 Å². The maximum Gasteiger partial charge on any atom is 0.253 e. The molecule has 0 atom stereocenters. The molecular weight excluding hydrogens is 360 g/mol. The molecule has 2 aromatic heterocycles. The van der Waals surface area contributed by atoms with Gasteiger partial charge in [0.1, 0.15) is 5.82 Å². The van der Waals surface area contributed by atoms with E-state index < -0.39 is 0 Å². The van der Waals surface area contributed by atoms with Crippen LogP contribution in [0.1, 0.15) is 34.5 Å². The molecule has 1 fully saturated rings. The Bertz CT molecular complexity index is 981. The highest BCUT2D eigenvalue weighted by molar-refractivity contribution is 6.31. The molecule has 1 saturated heterocycles. The van der Waals surface area contributed by atoms with Crippen molar-refractivity contribution < 1.29 is 4.79 Å². The molecule has 138 valence electrons. The first-order valence-electron chi connectivity index (χ1n) is 9.15. The Morgan fingerprint density at radius 1 is 1.19 bits per heavy atom. The Labute approximate surface area is 163 Å². The Kier molecular flexibility index (Phi) is 4.94. The minimum atomic E-state index is -0.148. The Morgan fingerprint density at radius 2 is 2.00 bits per heavy atom. The van der Waals surface area contributed by atoms with Gasteiger partial charge in [0, 0.05) is 36.2 Å². The summed E-state index contributed by atoms with van der Waals surface area (Å²) in [6.45, 7) is 4.41. The lowest BCUT2D eigenvalue weighted by molar-refractivity contribution is 0.0950. The number of fused-ring (bicyclic) bond motifs is 1. The van der Waals surface area contributed by atoms with Crippen LogP contribution < -0.4 is 10.2 Å². The zero-order valence-electron chi connectivity index (χ0n) is 15.2. The van der Waals surface area contributed by atoms with Crippen LogP contribution in [0.25, 0.3) is 10.9 Å². The summed E-state index contributed by atoms with van der Waals surface area (Å²) in [7, 11) is 0. The predicted octanol–water partition coefficient (Wildman–Crippen LogP) is 4.12. The molecule has 3 aromatic rings. The molecule has 0 spiro atoms. The van der Waals surface area contributed by atoms with E-state index in [0.29, 0.717) is 22.8 Å². The van der Waals surface area contributed by atoms with Gasteiger partial charge < -0.3 is 10.2 Å². The molecular formula is C21H21ClN4O. The van der Waals surface area contributed by atoms with Crippen LogP contribution in [0, 0.1) is 6.92 Å². The maximum atomic E-state index is 12.6. The van der Waals surface area contributed by atoms with Crippen LogP contribution in [0.5, 0.6) is 0 Å². The molecule has 0 unspecified atom stereocenters. The van der Waals surface area contributed by atoms with Crippen molar-refractivity contribution in [2.45, 2.75) is 26.3 Å².